The normalized spacial score (nSPS) is 12.2. The molecule has 0 aliphatic rings. The largest absolute Gasteiger partial charge is 0.491 e. The van der Waals surface area contributed by atoms with Crippen molar-refractivity contribution in [1.82, 2.24) is 0 Å². The molecule has 1 rings (SSSR count). The highest BCUT2D eigenvalue weighted by Gasteiger charge is 2.07. The van der Waals surface area contributed by atoms with E-state index in [1.54, 1.807) is 12.1 Å². The Labute approximate surface area is 101 Å². The van der Waals surface area contributed by atoms with Crippen LogP contribution in [0.3, 0.4) is 0 Å². The second-order valence-electron chi connectivity index (χ2n) is 3.78. The van der Waals surface area contributed by atoms with Crippen molar-refractivity contribution in [3.05, 3.63) is 18.2 Å². The van der Waals surface area contributed by atoms with Crippen LogP contribution in [0.25, 0.3) is 0 Å². The highest BCUT2D eigenvalue weighted by molar-refractivity contribution is 5.72. The van der Waals surface area contributed by atoms with Gasteiger partial charge >= 0.3 is 0 Å². The number of para-hydroxylation sites is 1. The lowest BCUT2D eigenvalue weighted by Crippen LogP contribution is -2.23. The molecule has 17 heavy (non-hydrogen) atoms. The number of hydrogen-bond acceptors (Lipinski definition) is 5. The van der Waals surface area contributed by atoms with Crippen LogP contribution >= 0.6 is 0 Å². The minimum absolute atomic E-state index is 0.248. The second-order valence-corrected chi connectivity index (χ2v) is 3.78. The van der Waals surface area contributed by atoms with Crippen LogP contribution in [0, 0.1) is 0 Å². The molecule has 0 fully saturated rings. The lowest BCUT2D eigenvalue weighted by molar-refractivity contribution is 0.105. The summed E-state index contributed by atoms with van der Waals surface area (Å²) in [4.78, 5) is 0. The molecule has 0 radical (unpaired) electrons. The van der Waals surface area contributed by atoms with E-state index in [-0.39, 0.29) is 13.2 Å². The number of anilines is 2. The average Bonchev–Trinajstić information content (AvgIpc) is 2.35. The predicted octanol–water partition coefficient (Wildman–Crippen LogP) is 0.823. The first-order chi connectivity index (χ1) is 8.19. The molecule has 0 saturated heterocycles. The van der Waals surface area contributed by atoms with Crippen molar-refractivity contribution in [1.29, 1.82) is 0 Å². The van der Waals surface area contributed by atoms with Crippen LogP contribution in [0.5, 0.6) is 5.75 Å². The molecular formula is C12H20N2O3. The summed E-state index contributed by atoms with van der Waals surface area (Å²) in [7, 11) is 0. The molecule has 0 bridgehead atoms. The summed E-state index contributed by atoms with van der Waals surface area (Å²) in [5, 5.41) is 20.9. The van der Waals surface area contributed by atoms with E-state index in [9.17, 15) is 5.11 Å². The molecule has 5 nitrogen and oxygen atoms in total. The van der Waals surface area contributed by atoms with Crippen molar-refractivity contribution in [2.45, 2.75) is 19.4 Å². The van der Waals surface area contributed by atoms with E-state index in [0.717, 1.165) is 6.42 Å². The van der Waals surface area contributed by atoms with Crippen LogP contribution in [0.1, 0.15) is 13.3 Å². The summed E-state index contributed by atoms with van der Waals surface area (Å²) < 4.78 is 5.48. The number of aliphatic hydroxyl groups excluding tert-OH is 2. The molecule has 1 aromatic rings. The number of benzene rings is 1. The van der Waals surface area contributed by atoms with Gasteiger partial charge in [0.15, 0.2) is 0 Å². The van der Waals surface area contributed by atoms with Gasteiger partial charge in [-0.05, 0) is 18.6 Å². The first-order valence-corrected chi connectivity index (χ1v) is 5.73. The third-order valence-electron chi connectivity index (χ3n) is 2.27. The maximum Gasteiger partial charge on any atom is 0.144 e. The number of hydrogen-bond donors (Lipinski definition) is 4. The quantitative estimate of drug-likeness (QED) is 0.530. The molecule has 0 heterocycles. The molecular weight excluding hydrogens is 220 g/mol. The molecule has 1 atom stereocenters. The zero-order valence-corrected chi connectivity index (χ0v) is 10.0. The minimum atomic E-state index is -0.797. The number of nitrogens with two attached hydrogens (primary N) is 1. The highest BCUT2D eigenvalue weighted by Crippen LogP contribution is 2.29. The Bertz CT molecular complexity index is 345. The van der Waals surface area contributed by atoms with Crippen molar-refractivity contribution in [3.8, 4) is 5.75 Å². The fourth-order valence-electron chi connectivity index (χ4n) is 1.33. The first kappa shape index (κ1) is 13.6. The highest BCUT2D eigenvalue weighted by atomic mass is 16.5. The molecule has 0 saturated carbocycles. The topological polar surface area (TPSA) is 87.7 Å². The van der Waals surface area contributed by atoms with Gasteiger partial charge in [0.25, 0.3) is 0 Å². The molecule has 0 spiro atoms. The van der Waals surface area contributed by atoms with Crippen molar-refractivity contribution in [2.75, 3.05) is 30.8 Å². The van der Waals surface area contributed by atoms with Gasteiger partial charge in [-0.1, -0.05) is 13.0 Å². The minimum Gasteiger partial charge on any atom is -0.491 e. The zero-order valence-electron chi connectivity index (χ0n) is 10.0. The van der Waals surface area contributed by atoms with Gasteiger partial charge in [0.1, 0.15) is 5.75 Å². The molecule has 0 aliphatic carbocycles. The average molecular weight is 240 g/mol. The molecule has 0 aliphatic heterocycles. The second kappa shape index (κ2) is 6.98. The van der Waals surface area contributed by atoms with Crippen molar-refractivity contribution in [2.24, 2.45) is 0 Å². The number of nitrogens with one attached hydrogen (secondary N) is 1. The fraction of sp³-hybridized carbons (Fsp3) is 0.500. The summed E-state index contributed by atoms with van der Waals surface area (Å²) in [5.41, 5.74) is 7.14. The Morgan fingerprint density at radius 1 is 1.47 bits per heavy atom. The van der Waals surface area contributed by atoms with E-state index in [0.29, 0.717) is 23.7 Å². The number of rotatable bonds is 7. The predicted molar refractivity (Wildman–Crippen MR) is 68.2 cm³/mol. The molecule has 1 aromatic carbocycles. The van der Waals surface area contributed by atoms with E-state index in [2.05, 4.69) is 5.32 Å². The van der Waals surface area contributed by atoms with Crippen LogP contribution < -0.4 is 15.8 Å². The number of aliphatic hydroxyl groups is 2. The van der Waals surface area contributed by atoms with Crippen LogP contribution in [0.2, 0.25) is 0 Å². The summed E-state index contributed by atoms with van der Waals surface area (Å²) in [6, 6.07) is 5.44. The van der Waals surface area contributed by atoms with E-state index in [1.165, 1.54) is 0 Å². The maximum absolute atomic E-state index is 9.24. The van der Waals surface area contributed by atoms with E-state index >= 15 is 0 Å². The van der Waals surface area contributed by atoms with Gasteiger partial charge in [-0.25, -0.2) is 0 Å². The van der Waals surface area contributed by atoms with E-state index < -0.39 is 6.10 Å². The number of ether oxygens (including phenoxy) is 1. The van der Waals surface area contributed by atoms with Crippen molar-refractivity contribution in [3.63, 3.8) is 0 Å². The first-order valence-electron chi connectivity index (χ1n) is 5.73. The summed E-state index contributed by atoms with van der Waals surface area (Å²) in [6.45, 7) is 2.61. The molecule has 5 N–H and O–H groups in total. The molecule has 96 valence electrons. The van der Waals surface area contributed by atoms with Gasteiger partial charge in [-0.3, -0.25) is 0 Å². The van der Waals surface area contributed by atoms with Gasteiger partial charge in [0, 0.05) is 6.54 Å². The van der Waals surface area contributed by atoms with E-state index in [4.69, 9.17) is 15.6 Å². The van der Waals surface area contributed by atoms with Gasteiger partial charge in [0.2, 0.25) is 0 Å². The molecule has 5 heteroatoms. The Morgan fingerprint density at radius 3 is 2.88 bits per heavy atom. The lowest BCUT2D eigenvalue weighted by atomic mass is 10.2. The Balaban J connectivity index is 2.65. The van der Waals surface area contributed by atoms with Crippen molar-refractivity contribution < 1.29 is 14.9 Å². The van der Waals surface area contributed by atoms with Crippen LogP contribution in [0.15, 0.2) is 18.2 Å². The Morgan fingerprint density at radius 2 is 2.24 bits per heavy atom. The third-order valence-corrected chi connectivity index (χ3v) is 2.27. The van der Waals surface area contributed by atoms with Gasteiger partial charge in [-0.2, -0.15) is 0 Å². The smallest absolute Gasteiger partial charge is 0.144 e. The van der Waals surface area contributed by atoms with E-state index in [1.807, 2.05) is 13.0 Å². The third kappa shape index (κ3) is 4.13. The Hall–Kier alpha value is -1.46. The molecule has 1 unspecified atom stereocenters. The SMILES string of the molecule is CCCOc1cccc(NCC(O)CO)c1N. The fourth-order valence-corrected chi connectivity index (χ4v) is 1.33. The molecule has 0 aromatic heterocycles. The van der Waals surface area contributed by atoms with Crippen molar-refractivity contribution >= 4 is 11.4 Å². The number of nitrogen functional groups attached to an aromatic ring is 1. The van der Waals surface area contributed by atoms with Gasteiger partial charge in [-0.15, -0.1) is 0 Å². The standard InChI is InChI=1S/C12H20N2O3/c1-2-6-17-11-5-3-4-10(12(11)13)14-7-9(16)8-15/h3-5,9,14-16H,2,6-8,13H2,1H3. The molecule has 0 amide bonds. The zero-order chi connectivity index (χ0) is 12.7. The summed E-state index contributed by atoms with van der Waals surface area (Å²) >= 11 is 0. The van der Waals surface area contributed by atoms with Crippen LogP contribution in [0.4, 0.5) is 11.4 Å². The monoisotopic (exact) mass is 240 g/mol. The summed E-state index contributed by atoms with van der Waals surface area (Å²) in [6.07, 6.45) is 0.120. The maximum atomic E-state index is 9.24. The van der Waals surface area contributed by atoms with Crippen LogP contribution in [-0.4, -0.2) is 36.1 Å². The Kier molecular flexibility index (Phi) is 5.59. The van der Waals surface area contributed by atoms with Crippen LogP contribution in [-0.2, 0) is 0 Å². The summed E-state index contributed by atoms with van der Waals surface area (Å²) in [5.74, 6) is 0.635. The lowest BCUT2D eigenvalue weighted by Gasteiger charge is -2.15. The van der Waals surface area contributed by atoms with Gasteiger partial charge < -0.3 is 26.0 Å². The van der Waals surface area contributed by atoms with Gasteiger partial charge in [0.05, 0.1) is 30.7 Å².